The van der Waals surface area contributed by atoms with Crippen LogP contribution in [0.1, 0.15) is 43.7 Å². The molecule has 0 radical (unpaired) electrons. The maximum atomic E-state index is 12.7. The van der Waals surface area contributed by atoms with Crippen LogP contribution in [0.5, 0.6) is 0 Å². The number of carbonyl (C=O) groups is 1. The molecule has 7 heteroatoms. The molecule has 3 rings (SSSR count). The SMILES string of the molecule is C[C@H]1CNCCN1C(=O)c1cnc2onc(C(C)(C)C)c2c1.Cl. The molecule has 0 spiro atoms. The summed E-state index contributed by atoms with van der Waals surface area (Å²) < 4.78 is 5.28. The van der Waals surface area contributed by atoms with Gasteiger partial charge in [-0.05, 0) is 13.0 Å². The van der Waals surface area contributed by atoms with Crippen LogP contribution in [0, 0.1) is 0 Å². The predicted octanol–water partition coefficient (Wildman–Crippen LogP) is 2.38. The molecular formula is C16H23ClN4O2. The number of hydrogen-bond acceptors (Lipinski definition) is 5. The van der Waals surface area contributed by atoms with E-state index < -0.39 is 0 Å². The molecule has 1 aliphatic rings. The Morgan fingerprint density at radius 1 is 1.43 bits per heavy atom. The van der Waals surface area contributed by atoms with E-state index in [1.54, 1.807) is 6.20 Å². The maximum absolute atomic E-state index is 12.7. The standard InChI is InChI=1S/C16H22N4O2.ClH/c1-10-8-17-5-6-20(10)15(21)11-7-12-13(16(2,3)4)19-22-14(12)18-9-11;/h7,9-10,17H,5-6,8H2,1-4H3;1H/t10-;/m0./s1. The molecule has 0 bridgehead atoms. The van der Waals surface area contributed by atoms with Gasteiger partial charge in [-0.25, -0.2) is 4.98 Å². The summed E-state index contributed by atoms with van der Waals surface area (Å²) in [6.45, 7) is 10.6. The third kappa shape index (κ3) is 3.33. The minimum atomic E-state index is -0.156. The number of pyridine rings is 1. The molecule has 1 amide bonds. The molecule has 1 fully saturated rings. The molecule has 6 nitrogen and oxygen atoms in total. The molecule has 1 atom stereocenters. The molecule has 0 aliphatic carbocycles. The van der Waals surface area contributed by atoms with E-state index in [9.17, 15) is 4.79 Å². The number of rotatable bonds is 1. The second-order valence-corrected chi connectivity index (χ2v) is 6.91. The first-order valence-corrected chi connectivity index (χ1v) is 7.65. The highest BCUT2D eigenvalue weighted by Gasteiger charge is 2.27. The molecule has 2 aromatic rings. The monoisotopic (exact) mass is 338 g/mol. The highest BCUT2D eigenvalue weighted by atomic mass is 35.5. The summed E-state index contributed by atoms with van der Waals surface area (Å²) in [7, 11) is 0. The van der Waals surface area contributed by atoms with Crippen LogP contribution in [0.15, 0.2) is 16.8 Å². The lowest BCUT2D eigenvalue weighted by Crippen LogP contribution is -2.52. The number of amides is 1. The van der Waals surface area contributed by atoms with Crippen LogP contribution in [0.3, 0.4) is 0 Å². The fourth-order valence-electron chi connectivity index (χ4n) is 2.80. The third-order valence-electron chi connectivity index (χ3n) is 4.05. The van der Waals surface area contributed by atoms with Crippen molar-refractivity contribution in [2.75, 3.05) is 19.6 Å². The fraction of sp³-hybridized carbons (Fsp3) is 0.562. The second kappa shape index (κ2) is 6.45. The topological polar surface area (TPSA) is 71.3 Å². The van der Waals surface area contributed by atoms with Crippen molar-refractivity contribution in [3.05, 3.63) is 23.5 Å². The van der Waals surface area contributed by atoms with Gasteiger partial charge in [0.25, 0.3) is 11.6 Å². The van der Waals surface area contributed by atoms with E-state index in [4.69, 9.17) is 4.52 Å². The molecule has 1 aliphatic heterocycles. The molecule has 1 saturated heterocycles. The lowest BCUT2D eigenvalue weighted by Gasteiger charge is -2.34. The summed E-state index contributed by atoms with van der Waals surface area (Å²) >= 11 is 0. The molecule has 0 aromatic carbocycles. The van der Waals surface area contributed by atoms with Crippen molar-refractivity contribution in [1.82, 2.24) is 20.4 Å². The summed E-state index contributed by atoms with van der Waals surface area (Å²) in [5.74, 6) is 0.0180. The highest BCUT2D eigenvalue weighted by molar-refractivity contribution is 5.97. The van der Waals surface area contributed by atoms with E-state index in [-0.39, 0.29) is 29.8 Å². The summed E-state index contributed by atoms with van der Waals surface area (Å²) in [4.78, 5) is 18.9. The number of nitrogens with zero attached hydrogens (tertiary/aromatic N) is 3. The second-order valence-electron chi connectivity index (χ2n) is 6.91. The zero-order valence-electron chi connectivity index (χ0n) is 13.9. The Hall–Kier alpha value is -1.66. The highest BCUT2D eigenvalue weighted by Crippen LogP contribution is 2.29. The van der Waals surface area contributed by atoms with E-state index in [2.05, 4.69) is 43.2 Å². The van der Waals surface area contributed by atoms with Crippen LogP contribution in [0.2, 0.25) is 0 Å². The summed E-state index contributed by atoms with van der Waals surface area (Å²) in [5, 5.41) is 8.23. The Morgan fingerprint density at radius 3 is 2.83 bits per heavy atom. The van der Waals surface area contributed by atoms with Gasteiger partial charge in [-0.2, -0.15) is 0 Å². The Balaban J connectivity index is 0.00000192. The van der Waals surface area contributed by atoms with Gasteiger partial charge >= 0.3 is 0 Å². The number of hydrogen-bond donors (Lipinski definition) is 1. The van der Waals surface area contributed by atoms with Gasteiger partial charge in [-0.15, -0.1) is 12.4 Å². The van der Waals surface area contributed by atoms with Crippen molar-refractivity contribution in [2.45, 2.75) is 39.2 Å². The van der Waals surface area contributed by atoms with Gasteiger partial charge < -0.3 is 14.7 Å². The molecule has 126 valence electrons. The van der Waals surface area contributed by atoms with Gasteiger partial charge in [0.05, 0.1) is 16.6 Å². The molecule has 2 aromatic heterocycles. The Labute approximate surface area is 142 Å². The molecule has 3 heterocycles. The molecule has 0 saturated carbocycles. The maximum Gasteiger partial charge on any atom is 0.257 e. The van der Waals surface area contributed by atoms with Crippen LogP contribution in [0.4, 0.5) is 0 Å². The minimum absolute atomic E-state index is 0. The number of piperazine rings is 1. The van der Waals surface area contributed by atoms with Crippen molar-refractivity contribution in [2.24, 2.45) is 0 Å². The van der Waals surface area contributed by atoms with Crippen LogP contribution in [-0.4, -0.2) is 46.6 Å². The number of aromatic nitrogens is 2. The van der Waals surface area contributed by atoms with Crippen LogP contribution in [0.25, 0.3) is 11.1 Å². The summed E-state index contributed by atoms with van der Waals surface area (Å²) in [6, 6.07) is 2.04. The van der Waals surface area contributed by atoms with Crippen LogP contribution < -0.4 is 5.32 Å². The predicted molar refractivity (Wildman–Crippen MR) is 91.1 cm³/mol. The van der Waals surface area contributed by atoms with Crippen molar-refractivity contribution in [3.63, 3.8) is 0 Å². The normalized spacial score (nSPS) is 18.8. The largest absolute Gasteiger partial charge is 0.336 e. The average Bonchev–Trinajstić information content (AvgIpc) is 2.90. The number of halogens is 1. The van der Waals surface area contributed by atoms with E-state index >= 15 is 0 Å². The van der Waals surface area contributed by atoms with Gasteiger partial charge in [0.15, 0.2) is 0 Å². The van der Waals surface area contributed by atoms with Crippen molar-refractivity contribution < 1.29 is 9.32 Å². The minimum Gasteiger partial charge on any atom is -0.336 e. The van der Waals surface area contributed by atoms with Gasteiger partial charge in [0.1, 0.15) is 0 Å². The lowest BCUT2D eigenvalue weighted by atomic mass is 9.90. The molecule has 0 unspecified atom stereocenters. The van der Waals surface area contributed by atoms with Gasteiger partial charge in [0, 0.05) is 37.3 Å². The Bertz CT molecular complexity index is 708. The van der Waals surface area contributed by atoms with Crippen molar-refractivity contribution in [1.29, 1.82) is 0 Å². The molecule has 23 heavy (non-hydrogen) atoms. The first-order valence-electron chi connectivity index (χ1n) is 7.65. The number of nitrogens with one attached hydrogen (secondary N) is 1. The first-order chi connectivity index (χ1) is 10.4. The quantitative estimate of drug-likeness (QED) is 0.864. The Morgan fingerprint density at radius 2 is 2.17 bits per heavy atom. The average molecular weight is 339 g/mol. The fourth-order valence-corrected chi connectivity index (χ4v) is 2.80. The molecule has 1 N–H and O–H groups in total. The zero-order chi connectivity index (χ0) is 15.9. The van der Waals surface area contributed by atoms with Gasteiger partial charge in [-0.3, -0.25) is 4.79 Å². The number of fused-ring (bicyclic) bond motifs is 1. The van der Waals surface area contributed by atoms with E-state index in [0.717, 1.165) is 24.2 Å². The van der Waals surface area contributed by atoms with E-state index in [0.29, 0.717) is 17.8 Å². The van der Waals surface area contributed by atoms with Crippen LogP contribution in [-0.2, 0) is 5.41 Å². The Kier molecular flexibility index (Phi) is 4.96. The molecular weight excluding hydrogens is 316 g/mol. The van der Waals surface area contributed by atoms with Crippen LogP contribution >= 0.6 is 12.4 Å². The first kappa shape index (κ1) is 17.7. The summed E-state index contributed by atoms with van der Waals surface area (Å²) in [5.41, 5.74) is 1.75. The van der Waals surface area contributed by atoms with E-state index in [1.165, 1.54) is 0 Å². The van der Waals surface area contributed by atoms with Gasteiger partial charge in [0.2, 0.25) is 0 Å². The lowest BCUT2D eigenvalue weighted by molar-refractivity contribution is 0.0655. The van der Waals surface area contributed by atoms with Gasteiger partial charge in [-0.1, -0.05) is 25.9 Å². The van der Waals surface area contributed by atoms with Crippen molar-refractivity contribution in [3.8, 4) is 0 Å². The zero-order valence-corrected chi connectivity index (χ0v) is 14.7. The third-order valence-corrected chi connectivity index (χ3v) is 4.05. The van der Waals surface area contributed by atoms with E-state index in [1.807, 2.05) is 11.0 Å². The number of carbonyl (C=O) groups excluding carboxylic acids is 1. The van der Waals surface area contributed by atoms with Crippen molar-refractivity contribution >= 4 is 29.4 Å². The smallest absolute Gasteiger partial charge is 0.257 e. The summed E-state index contributed by atoms with van der Waals surface area (Å²) in [6.07, 6.45) is 1.58.